The molecule has 1 aliphatic heterocycles. The molecule has 0 bridgehead atoms. The minimum Gasteiger partial charge on any atom is -0.348 e. The van der Waals surface area contributed by atoms with E-state index in [0.717, 1.165) is 12.4 Å². The summed E-state index contributed by atoms with van der Waals surface area (Å²) in [6, 6.07) is 13.5. The summed E-state index contributed by atoms with van der Waals surface area (Å²) < 4.78 is 3.25. The van der Waals surface area contributed by atoms with Crippen LogP contribution in [0.15, 0.2) is 48.1 Å². The monoisotopic (exact) mass is 408 g/mol. The number of fused-ring (bicyclic) bond motifs is 1. The molecule has 1 aromatic carbocycles. The molecule has 0 fully saturated rings. The molecule has 2 atom stereocenters. The number of rotatable bonds is 2. The van der Waals surface area contributed by atoms with Gasteiger partial charge in [0.05, 0.1) is 12.1 Å². The zero-order chi connectivity index (χ0) is 14.2. The molecule has 4 nitrogen and oxygen atoms in total. The molecule has 0 radical (unpaired) electrons. The van der Waals surface area contributed by atoms with Gasteiger partial charge < -0.3 is 5.32 Å². The molecule has 0 saturated carbocycles. The SMILES string of the molecule is Ic1ccc([C@@H]2C[C@H](c3cccs3)n3ncnc3N2)cc1. The second-order valence-electron chi connectivity index (χ2n) is 5.04. The number of hydrogen-bond donors (Lipinski definition) is 1. The van der Waals surface area contributed by atoms with Crippen molar-refractivity contribution in [2.45, 2.75) is 18.5 Å². The molecular weight excluding hydrogens is 395 g/mol. The van der Waals surface area contributed by atoms with E-state index in [1.54, 1.807) is 17.7 Å². The number of halogens is 1. The van der Waals surface area contributed by atoms with E-state index in [-0.39, 0.29) is 12.1 Å². The quantitative estimate of drug-likeness (QED) is 0.650. The molecule has 3 aromatic rings. The molecule has 106 valence electrons. The summed E-state index contributed by atoms with van der Waals surface area (Å²) in [7, 11) is 0. The van der Waals surface area contributed by atoms with E-state index >= 15 is 0 Å². The van der Waals surface area contributed by atoms with Crippen LogP contribution in [0, 0.1) is 3.57 Å². The van der Waals surface area contributed by atoms with Gasteiger partial charge in [0, 0.05) is 8.45 Å². The molecule has 0 unspecified atom stereocenters. The molecule has 3 heterocycles. The van der Waals surface area contributed by atoms with Crippen molar-refractivity contribution in [3.8, 4) is 0 Å². The van der Waals surface area contributed by atoms with Crippen LogP contribution in [-0.4, -0.2) is 14.8 Å². The Morgan fingerprint density at radius 2 is 2.10 bits per heavy atom. The number of nitrogens with zero attached hydrogens (tertiary/aromatic N) is 3. The van der Waals surface area contributed by atoms with Gasteiger partial charge in [0.25, 0.3) is 0 Å². The average Bonchev–Trinajstić information content (AvgIpc) is 3.18. The fourth-order valence-electron chi connectivity index (χ4n) is 2.75. The fraction of sp³-hybridized carbons (Fsp3) is 0.200. The van der Waals surface area contributed by atoms with Crippen LogP contribution in [0.25, 0.3) is 0 Å². The lowest BCUT2D eigenvalue weighted by atomic mass is 9.97. The molecule has 0 aliphatic carbocycles. The van der Waals surface area contributed by atoms with Gasteiger partial charge in [0.2, 0.25) is 5.95 Å². The van der Waals surface area contributed by atoms with Crippen molar-refractivity contribution >= 4 is 39.9 Å². The Labute approximate surface area is 140 Å². The van der Waals surface area contributed by atoms with Crippen molar-refractivity contribution in [2.24, 2.45) is 0 Å². The summed E-state index contributed by atoms with van der Waals surface area (Å²) in [5.74, 6) is 0.850. The van der Waals surface area contributed by atoms with Crippen LogP contribution in [0.5, 0.6) is 0 Å². The lowest BCUT2D eigenvalue weighted by Gasteiger charge is -2.31. The van der Waals surface area contributed by atoms with Crippen LogP contribution >= 0.6 is 33.9 Å². The maximum atomic E-state index is 4.38. The van der Waals surface area contributed by atoms with Gasteiger partial charge in [-0.3, -0.25) is 0 Å². The van der Waals surface area contributed by atoms with Gasteiger partial charge in [0.1, 0.15) is 6.33 Å². The zero-order valence-corrected chi connectivity index (χ0v) is 14.1. The third-order valence-corrected chi connectivity index (χ3v) is 5.47. The first-order valence-corrected chi connectivity index (χ1v) is 8.72. The van der Waals surface area contributed by atoms with E-state index in [9.17, 15) is 0 Å². The number of aromatic nitrogens is 3. The first kappa shape index (κ1) is 13.3. The van der Waals surface area contributed by atoms with Crippen molar-refractivity contribution in [3.05, 3.63) is 62.1 Å². The Balaban J connectivity index is 1.72. The van der Waals surface area contributed by atoms with Crippen molar-refractivity contribution in [3.63, 3.8) is 0 Å². The Bertz CT molecular complexity index is 735. The first-order chi connectivity index (χ1) is 10.3. The summed E-state index contributed by atoms with van der Waals surface area (Å²) in [4.78, 5) is 5.69. The van der Waals surface area contributed by atoms with Gasteiger partial charge in [-0.05, 0) is 58.2 Å². The number of nitrogens with one attached hydrogen (secondary N) is 1. The number of anilines is 1. The van der Waals surface area contributed by atoms with Gasteiger partial charge in [-0.2, -0.15) is 10.1 Å². The maximum Gasteiger partial charge on any atom is 0.222 e. The van der Waals surface area contributed by atoms with Gasteiger partial charge in [-0.1, -0.05) is 18.2 Å². The molecule has 4 rings (SSSR count). The fourth-order valence-corrected chi connectivity index (χ4v) is 3.94. The molecular formula is C15H13IN4S. The van der Waals surface area contributed by atoms with Gasteiger partial charge >= 0.3 is 0 Å². The van der Waals surface area contributed by atoms with Crippen molar-refractivity contribution in [1.82, 2.24) is 14.8 Å². The second kappa shape index (κ2) is 5.42. The molecule has 0 amide bonds. The smallest absolute Gasteiger partial charge is 0.222 e. The highest BCUT2D eigenvalue weighted by Gasteiger charge is 2.30. The molecule has 6 heteroatoms. The number of hydrogen-bond acceptors (Lipinski definition) is 4. The summed E-state index contributed by atoms with van der Waals surface area (Å²) in [5, 5.41) is 10.00. The van der Waals surface area contributed by atoms with Crippen LogP contribution in [0.3, 0.4) is 0 Å². The van der Waals surface area contributed by atoms with Gasteiger partial charge in [-0.25, -0.2) is 4.68 Å². The van der Waals surface area contributed by atoms with Crippen LogP contribution in [0.2, 0.25) is 0 Å². The highest BCUT2D eigenvalue weighted by molar-refractivity contribution is 14.1. The van der Waals surface area contributed by atoms with Crippen molar-refractivity contribution in [1.29, 1.82) is 0 Å². The standard InChI is InChI=1S/C15H13IN4S/c16-11-5-3-10(4-6-11)12-8-13(14-2-1-7-21-14)20-15(19-12)17-9-18-20/h1-7,9,12-13H,8H2,(H,17,18,19)/t12-,13+/m0/s1. The highest BCUT2D eigenvalue weighted by Crippen LogP contribution is 2.38. The third-order valence-electron chi connectivity index (χ3n) is 3.77. The highest BCUT2D eigenvalue weighted by atomic mass is 127. The Morgan fingerprint density at radius 1 is 1.24 bits per heavy atom. The average molecular weight is 408 g/mol. The normalized spacial score (nSPS) is 20.8. The van der Waals surface area contributed by atoms with Crippen LogP contribution in [0.1, 0.15) is 28.9 Å². The largest absolute Gasteiger partial charge is 0.348 e. The lowest BCUT2D eigenvalue weighted by molar-refractivity contribution is 0.436. The topological polar surface area (TPSA) is 42.7 Å². The minimum atomic E-state index is 0.257. The van der Waals surface area contributed by atoms with Gasteiger partial charge in [-0.15, -0.1) is 11.3 Å². The minimum absolute atomic E-state index is 0.257. The van der Waals surface area contributed by atoms with E-state index < -0.39 is 0 Å². The third kappa shape index (κ3) is 2.46. The summed E-state index contributed by atoms with van der Waals surface area (Å²) in [6.07, 6.45) is 2.61. The molecule has 1 aliphatic rings. The zero-order valence-electron chi connectivity index (χ0n) is 11.1. The van der Waals surface area contributed by atoms with Crippen LogP contribution in [-0.2, 0) is 0 Å². The summed E-state index contributed by atoms with van der Waals surface area (Å²) in [6.45, 7) is 0. The van der Waals surface area contributed by atoms with Crippen LogP contribution < -0.4 is 5.32 Å². The first-order valence-electron chi connectivity index (χ1n) is 6.76. The number of benzene rings is 1. The lowest BCUT2D eigenvalue weighted by Crippen LogP contribution is -2.27. The molecule has 21 heavy (non-hydrogen) atoms. The van der Waals surface area contributed by atoms with Gasteiger partial charge in [0.15, 0.2) is 0 Å². The predicted octanol–water partition coefficient (Wildman–Crippen LogP) is 4.09. The molecule has 0 spiro atoms. The Kier molecular flexibility index (Phi) is 3.42. The van der Waals surface area contributed by atoms with Crippen molar-refractivity contribution < 1.29 is 0 Å². The Morgan fingerprint density at radius 3 is 2.86 bits per heavy atom. The van der Waals surface area contributed by atoms with E-state index in [4.69, 9.17) is 0 Å². The Hall–Kier alpha value is -1.41. The molecule has 2 aromatic heterocycles. The second-order valence-corrected chi connectivity index (χ2v) is 7.27. The summed E-state index contributed by atoms with van der Waals surface area (Å²) >= 11 is 4.11. The number of thiophene rings is 1. The maximum absolute atomic E-state index is 4.38. The molecule has 1 N–H and O–H groups in total. The van der Waals surface area contributed by atoms with Crippen LogP contribution in [0.4, 0.5) is 5.95 Å². The van der Waals surface area contributed by atoms with E-state index in [1.165, 1.54) is 14.0 Å². The van der Waals surface area contributed by atoms with E-state index in [0.29, 0.717) is 0 Å². The van der Waals surface area contributed by atoms with E-state index in [2.05, 4.69) is 79.8 Å². The molecule has 0 saturated heterocycles. The van der Waals surface area contributed by atoms with E-state index in [1.807, 2.05) is 4.68 Å². The summed E-state index contributed by atoms with van der Waals surface area (Å²) in [5.41, 5.74) is 1.30. The van der Waals surface area contributed by atoms with Crippen molar-refractivity contribution in [2.75, 3.05) is 5.32 Å². The predicted molar refractivity (Wildman–Crippen MR) is 92.6 cm³/mol.